The first kappa shape index (κ1) is 15.6. The molecule has 112 valence electrons. The topological polar surface area (TPSA) is 32.5 Å². The van der Waals surface area contributed by atoms with Crippen molar-refractivity contribution in [2.75, 3.05) is 45.0 Å². The average molecular weight is 286 g/mol. The minimum absolute atomic E-state index is 0.266. The summed E-state index contributed by atoms with van der Waals surface area (Å²) < 4.78 is 0.386. The van der Waals surface area contributed by atoms with E-state index in [0.717, 1.165) is 6.54 Å². The van der Waals surface area contributed by atoms with Gasteiger partial charge in [-0.25, -0.2) is 0 Å². The summed E-state index contributed by atoms with van der Waals surface area (Å²) in [5, 5.41) is 0. The van der Waals surface area contributed by atoms with E-state index in [4.69, 9.17) is 5.73 Å². The van der Waals surface area contributed by atoms with Crippen LogP contribution in [0.5, 0.6) is 0 Å². The third kappa shape index (κ3) is 3.66. The van der Waals surface area contributed by atoms with Gasteiger partial charge in [-0.15, -0.1) is 0 Å². The lowest BCUT2D eigenvalue weighted by atomic mass is 9.87. The Kier molecular flexibility index (Phi) is 5.21. The highest BCUT2D eigenvalue weighted by molar-refractivity contribution is 8.00. The number of nitrogens with two attached hydrogens (primary N) is 1. The molecule has 0 aliphatic carbocycles. The number of nitrogens with zero attached hydrogens (tertiary/aromatic N) is 2. The van der Waals surface area contributed by atoms with Gasteiger partial charge in [0.05, 0.1) is 0 Å². The van der Waals surface area contributed by atoms with Crippen LogP contribution in [0, 0.1) is 0 Å². The highest BCUT2D eigenvalue weighted by Crippen LogP contribution is 2.36. The molecule has 2 N–H and O–H groups in total. The summed E-state index contributed by atoms with van der Waals surface area (Å²) in [5.74, 6) is 1.26. The maximum atomic E-state index is 6.25. The van der Waals surface area contributed by atoms with Crippen LogP contribution in [0.3, 0.4) is 0 Å². The molecular formula is C15H31N3S. The van der Waals surface area contributed by atoms with Crippen molar-refractivity contribution in [3.63, 3.8) is 0 Å². The van der Waals surface area contributed by atoms with Crippen LogP contribution in [0.25, 0.3) is 0 Å². The molecule has 3 nitrogen and oxygen atoms in total. The Morgan fingerprint density at radius 2 is 1.95 bits per heavy atom. The van der Waals surface area contributed by atoms with E-state index in [2.05, 4.69) is 42.3 Å². The zero-order valence-corrected chi connectivity index (χ0v) is 13.8. The first-order valence-electron chi connectivity index (χ1n) is 7.83. The van der Waals surface area contributed by atoms with Crippen molar-refractivity contribution in [1.29, 1.82) is 0 Å². The molecule has 2 heterocycles. The maximum Gasteiger partial charge on any atom is 0.0345 e. The molecule has 0 aromatic rings. The van der Waals surface area contributed by atoms with Gasteiger partial charge in [-0.2, -0.15) is 11.8 Å². The van der Waals surface area contributed by atoms with Crippen molar-refractivity contribution in [3.05, 3.63) is 0 Å². The summed E-state index contributed by atoms with van der Waals surface area (Å²) in [6.45, 7) is 13.9. The summed E-state index contributed by atoms with van der Waals surface area (Å²) in [4.78, 5) is 5.31. The van der Waals surface area contributed by atoms with Crippen LogP contribution in [-0.2, 0) is 0 Å². The van der Waals surface area contributed by atoms with Gasteiger partial charge in [-0.1, -0.05) is 6.92 Å². The SMILES string of the molecule is CCN1CCCC(CN)(N2CCSC(C)(C)C2)CC1. The highest BCUT2D eigenvalue weighted by atomic mass is 32.2. The second kappa shape index (κ2) is 6.33. The van der Waals surface area contributed by atoms with Gasteiger partial charge in [-0.05, 0) is 52.7 Å². The smallest absolute Gasteiger partial charge is 0.0345 e. The molecule has 19 heavy (non-hydrogen) atoms. The highest BCUT2D eigenvalue weighted by Gasteiger charge is 2.41. The van der Waals surface area contributed by atoms with Gasteiger partial charge in [0, 0.05) is 35.7 Å². The van der Waals surface area contributed by atoms with Crippen molar-refractivity contribution < 1.29 is 0 Å². The van der Waals surface area contributed by atoms with Gasteiger partial charge in [0.1, 0.15) is 0 Å². The Morgan fingerprint density at radius 1 is 1.16 bits per heavy atom. The molecule has 0 aromatic heterocycles. The largest absolute Gasteiger partial charge is 0.329 e. The zero-order chi connectivity index (χ0) is 13.9. The Bertz CT molecular complexity index is 295. The molecule has 4 heteroatoms. The molecule has 2 fully saturated rings. The van der Waals surface area contributed by atoms with Crippen LogP contribution >= 0.6 is 11.8 Å². The monoisotopic (exact) mass is 285 g/mol. The summed E-state index contributed by atoms with van der Waals surface area (Å²) in [5.41, 5.74) is 6.51. The number of thioether (sulfide) groups is 1. The zero-order valence-electron chi connectivity index (χ0n) is 13.0. The van der Waals surface area contributed by atoms with E-state index in [1.54, 1.807) is 0 Å². The Morgan fingerprint density at radius 3 is 2.58 bits per heavy atom. The van der Waals surface area contributed by atoms with Crippen LogP contribution in [0.2, 0.25) is 0 Å². The summed E-state index contributed by atoms with van der Waals surface area (Å²) in [7, 11) is 0. The number of hydrogen-bond donors (Lipinski definition) is 1. The second-order valence-electron chi connectivity index (χ2n) is 6.75. The fourth-order valence-corrected chi connectivity index (χ4v) is 4.73. The first-order chi connectivity index (χ1) is 9.01. The van der Waals surface area contributed by atoms with E-state index in [9.17, 15) is 0 Å². The minimum atomic E-state index is 0.266. The molecular weight excluding hydrogens is 254 g/mol. The van der Waals surface area contributed by atoms with E-state index in [1.807, 2.05) is 0 Å². The van der Waals surface area contributed by atoms with Crippen molar-refractivity contribution in [2.45, 2.75) is 50.3 Å². The van der Waals surface area contributed by atoms with Crippen LogP contribution in [0.4, 0.5) is 0 Å². The molecule has 2 aliphatic rings. The van der Waals surface area contributed by atoms with Gasteiger partial charge < -0.3 is 10.6 Å². The van der Waals surface area contributed by atoms with Crippen molar-refractivity contribution in [3.8, 4) is 0 Å². The Hall–Kier alpha value is 0.230. The second-order valence-corrected chi connectivity index (χ2v) is 8.55. The van der Waals surface area contributed by atoms with E-state index in [0.29, 0.717) is 4.75 Å². The van der Waals surface area contributed by atoms with Crippen molar-refractivity contribution in [1.82, 2.24) is 9.80 Å². The molecule has 2 rings (SSSR count). The lowest BCUT2D eigenvalue weighted by Gasteiger charge is -2.49. The normalized spacial score (nSPS) is 34.1. The predicted molar refractivity (Wildman–Crippen MR) is 85.9 cm³/mol. The Labute approximate surface area is 123 Å². The number of hydrogen-bond acceptors (Lipinski definition) is 4. The van der Waals surface area contributed by atoms with Gasteiger partial charge in [0.15, 0.2) is 0 Å². The van der Waals surface area contributed by atoms with Crippen LogP contribution in [0.15, 0.2) is 0 Å². The average Bonchev–Trinajstić information content (AvgIpc) is 2.60. The first-order valence-corrected chi connectivity index (χ1v) is 8.81. The van der Waals surface area contributed by atoms with Crippen molar-refractivity contribution >= 4 is 11.8 Å². The molecule has 0 radical (unpaired) electrons. The summed E-state index contributed by atoms with van der Waals surface area (Å²) >= 11 is 2.11. The molecule has 0 amide bonds. The van der Waals surface area contributed by atoms with Crippen LogP contribution < -0.4 is 5.73 Å². The lowest BCUT2D eigenvalue weighted by molar-refractivity contribution is 0.0730. The summed E-state index contributed by atoms with van der Waals surface area (Å²) in [6, 6.07) is 0. The Balaban J connectivity index is 2.08. The van der Waals surface area contributed by atoms with E-state index in [1.165, 1.54) is 57.7 Å². The molecule has 1 unspecified atom stereocenters. The molecule has 0 aromatic carbocycles. The number of rotatable bonds is 3. The van der Waals surface area contributed by atoms with Crippen LogP contribution in [-0.4, -0.2) is 65.1 Å². The predicted octanol–water partition coefficient (Wildman–Crippen LogP) is 2.02. The fraction of sp³-hybridized carbons (Fsp3) is 1.00. The van der Waals surface area contributed by atoms with Gasteiger partial charge in [0.25, 0.3) is 0 Å². The standard InChI is InChI=1S/C15H31N3S/c1-4-17-8-5-6-15(12-16,7-9-17)18-10-11-19-14(2,3)13-18/h4-13,16H2,1-3H3. The maximum absolute atomic E-state index is 6.25. The molecule has 0 bridgehead atoms. The van der Waals surface area contributed by atoms with Gasteiger partial charge in [-0.3, -0.25) is 4.90 Å². The molecule has 2 saturated heterocycles. The van der Waals surface area contributed by atoms with Crippen molar-refractivity contribution in [2.24, 2.45) is 5.73 Å². The van der Waals surface area contributed by atoms with Crippen LogP contribution in [0.1, 0.15) is 40.0 Å². The minimum Gasteiger partial charge on any atom is -0.329 e. The van der Waals surface area contributed by atoms with E-state index < -0.39 is 0 Å². The van der Waals surface area contributed by atoms with Gasteiger partial charge in [0.2, 0.25) is 0 Å². The third-order valence-corrected chi connectivity index (χ3v) is 6.23. The molecule has 1 atom stereocenters. The molecule has 2 aliphatic heterocycles. The summed E-state index contributed by atoms with van der Waals surface area (Å²) in [6.07, 6.45) is 3.83. The third-order valence-electron chi connectivity index (χ3n) is 4.93. The van der Waals surface area contributed by atoms with Gasteiger partial charge >= 0.3 is 0 Å². The molecule has 0 spiro atoms. The fourth-order valence-electron chi connectivity index (χ4n) is 3.62. The van der Waals surface area contributed by atoms with E-state index in [-0.39, 0.29) is 5.54 Å². The van der Waals surface area contributed by atoms with E-state index >= 15 is 0 Å². The number of likely N-dealkylation sites (tertiary alicyclic amines) is 1. The lowest BCUT2D eigenvalue weighted by Crippen LogP contribution is -2.59. The molecule has 0 saturated carbocycles. The quantitative estimate of drug-likeness (QED) is 0.860.